The third-order valence-electron chi connectivity index (χ3n) is 3.28. The quantitative estimate of drug-likeness (QED) is 0.843. The van der Waals surface area contributed by atoms with E-state index in [1.807, 2.05) is 6.92 Å². The summed E-state index contributed by atoms with van der Waals surface area (Å²) in [6, 6.07) is 6.90. The molecule has 2 N–H and O–H groups in total. The highest BCUT2D eigenvalue weighted by Crippen LogP contribution is 2.32. The first-order valence-corrected chi connectivity index (χ1v) is 6.58. The van der Waals surface area contributed by atoms with Crippen LogP contribution in [0.15, 0.2) is 18.2 Å². The van der Waals surface area contributed by atoms with Gasteiger partial charge in [-0.05, 0) is 45.5 Å². The Hall–Kier alpha value is -1.06. The number of benzene rings is 1. The molecule has 1 aromatic rings. The summed E-state index contributed by atoms with van der Waals surface area (Å²) < 4.78 is 5.49. The molecule has 102 valence electrons. The third kappa shape index (κ3) is 3.72. The predicted molar refractivity (Wildman–Crippen MR) is 77.1 cm³/mol. The first-order valence-electron chi connectivity index (χ1n) is 6.58. The number of aryl methyl sites for hydroxylation is 1. The number of nitrogens with zero attached hydrogens (tertiary/aromatic N) is 1. The second-order valence-electron chi connectivity index (χ2n) is 5.12. The van der Waals surface area contributed by atoms with Crippen LogP contribution in [0, 0.1) is 0 Å². The molecule has 1 rings (SSSR count). The smallest absolute Gasteiger partial charge is 0.123 e. The van der Waals surface area contributed by atoms with Crippen molar-refractivity contribution in [2.24, 2.45) is 5.73 Å². The summed E-state index contributed by atoms with van der Waals surface area (Å²) in [7, 11) is 5.90. The Bertz CT molecular complexity index is 375. The van der Waals surface area contributed by atoms with Crippen LogP contribution < -0.4 is 10.5 Å². The molecule has 1 aromatic carbocycles. The maximum absolute atomic E-state index is 5.96. The van der Waals surface area contributed by atoms with Gasteiger partial charge in [0.1, 0.15) is 5.75 Å². The van der Waals surface area contributed by atoms with Gasteiger partial charge in [-0.25, -0.2) is 0 Å². The molecule has 0 fully saturated rings. The fraction of sp³-hybridized carbons (Fsp3) is 0.600. The molecule has 0 aliphatic rings. The summed E-state index contributed by atoms with van der Waals surface area (Å²) in [6.45, 7) is 4.22. The summed E-state index contributed by atoms with van der Waals surface area (Å²) in [5.41, 5.74) is 8.53. The summed E-state index contributed by atoms with van der Waals surface area (Å²) >= 11 is 0. The van der Waals surface area contributed by atoms with E-state index < -0.39 is 0 Å². The van der Waals surface area contributed by atoms with E-state index in [1.165, 1.54) is 11.1 Å². The Kier molecular flexibility index (Phi) is 5.63. The molecule has 0 bridgehead atoms. The maximum atomic E-state index is 5.96. The molecule has 18 heavy (non-hydrogen) atoms. The van der Waals surface area contributed by atoms with Crippen molar-refractivity contribution in [3.63, 3.8) is 0 Å². The van der Waals surface area contributed by atoms with Gasteiger partial charge in [-0.3, -0.25) is 0 Å². The van der Waals surface area contributed by atoms with Crippen LogP contribution in [0.4, 0.5) is 0 Å². The number of hydrogen-bond acceptors (Lipinski definition) is 3. The topological polar surface area (TPSA) is 38.5 Å². The maximum Gasteiger partial charge on any atom is 0.123 e. The monoisotopic (exact) mass is 250 g/mol. The molecule has 3 heteroatoms. The molecule has 2 atom stereocenters. The van der Waals surface area contributed by atoms with Crippen LogP contribution in [0.5, 0.6) is 5.75 Å². The Labute approximate surface area is 111 Å². The molecule has 0 aliphatic carbocycles. The lowest BCUT2D eigenvalue weighted by molar-refractivity contribution is 0.264. The average molecular weight is 250 g/mol. The fourth-order valence-corrected chi connectivity index (χ4v) is 2.23. The third-order valence-corrected chi connectivity index (χ3v) is 3.28. The summed E-state index contributed by atoms with van der Waals surface area (Å²) in [5.74, 6) is 0.951. The van der Waals surface area contributed by atoms with Crippen LogP contribution in [-0.4, -0.2) is 32.1 Å². The van der Waals surface area contributed by atoms with Crippen LogP contribution in [0.25, 0.3) is 0 Å². The molecular formula is C15H26N2O. The average Bonchev–Trinajstić information content (AvgIpc) is 2.34. The van der Waals surface area contributed by atoms with E-state index in [0.29, 0.717) is 6.04 Å². The number of ether oxygens (including phenoxy) is 1. The van der Waals surface area contributed by atoms with Crippen LogP contribution in [0.3, 0.4) is 0 Å². The summed E-state index contributed by atoms with van der Waals surface area (Å²) in [4.78, 5) is 2.21. The molecule has 3 nitrogen and oxygen atoms in total. The molecular weight excluding hydrogens is 224 g/mol. The first-order chi connectivity index (χ1) is 8.49. The second kappa shape index (κ2) is 6.76. The normalized spacial score (nSPS) is 14.6. The molecule has 0 amide bonds. The van der Waals surface area contributed by atoms with E-state index in [2.05, 4.69) is 44.1 Å². The highest BCUT2D eigenvalue weighted by Gasteiger charge is 2.20. The van der Waals surface area contributed by atoms with Gasteiger partial charge < -0.3 is 15.4 Å². The lowest BCUT2D eigenvalue weighted by atomic mass is 9.96. The Morgan fingerprint density at radius 3 is 2.44 bits per heavy atom. The van der Waals surface area contributed by atoms with Crippen molar-refractivity contribution in [3.05, 3.63) is 29.3 Å². The van der Waals surface area contributed by atoms with Crippen molar-refractivity contribution in [2.75, 3.05) is 21.2 Å². The zero-order valence-corrected chi connectivity index (χ0v) is 12.2. The lowest BCUT2D eigenvalue weighted by Crippen LogP contribution is -2.27. The van der Waals surface area contributed by atoms with Gasteiger partial charge in [-0.2, -0.15) is 0 Å². The van der Waals surface area contributed by atoms with Crippen molar-refractivity contribution in [1.29, 1.82) is 0 Å². The Balaban J connectivity index is 3.15. The van der Waals surface area contributed by atoms with Gasteiger partial charge in [0.05, 0.1) is 7.11 Å². The van der Waals surface area contributed by atoms with E-state index in [-0.39, 0.29) is 6.04 Å². The van der Waals surface area contributed by atoms with Crippen LogP contribution in [-0.2, 0) is 6.42 Å². The van der Waals surface area contributed by atoms with Crippen molar-refractivity contribution in [1.82, 2.24) is 4.90 Å². The SMILES string of the molecule is CCc1ccc(OC)c(C(CC(C)N)N(C)C)c1. The highest BCUT2D eigenvalue weighted by molar-refractivity contribution is 5.39. The van der Waals surface area contributed by atoms with E-state index in [4.69, 9.17) is 10.5 Å². The molecule has 0 aromatic heterocycles. The Morgan fingerprint density at radius 2 is 2.00 bits per heavy atom. The van der Waals surface area contributed by atoms with Crippen LogP contribution in [0.2, 0.25) is 0 Å². The number of nitrogens with two attached hydrogens (primary N) is 1. The zero-order chi connectivity index (χ0) is 13.7. The van der Waals surface area contributed by atoms with Crippen molar-refractivity contribution >= 4 is 0 Å². The van der Waals surface area contributed by atoms with Gasteiger partial charge >= 0.3 is 0 Å². The molecule has 2 unspecified atom stereocenters. The highest BCUT2D eigenvalue weighted by atomic mass is 16.5. The van der Waals surface area contributed by atoms with Gasteiger partial charge in [0, 0.05) is 17.6 Å². The van der Waals surface area contributed by atoms with E-state index in [9.17, 15) is 0 Å². The molecule has 0 spiro atoms. The summed E-state index contributed by atoms with van der Waals surface area (Å²) in [5, 5.41) is 0. The minimum atomic E-state index is 0.174. The van der Waals surface area contributed by atoms with Gasteiger partial charge in [0.15, 0.2) is 0 Å². The van der Waals surface area contributed by atoms with Gasteiger partial charge in [-0.1, -0.05) is 19.1 Å². The van der Waals surface area contributed by atoms with Crippen molar-refractivity contribution in [2.45, 2.75) is 38.8 Å². The van der Waals surface area contributed by atoms with Crippen LogP contribution in [0.1, 0.15) is 37.4 Å². The Morgan fingerprint density at radius 1 is 1.33 bits per heavy atom. The van der Waals surface area contributed by atoms with Crippen LogP contribution >= 0.6 is 0 Å². The molecule has 0 aliphatic heterocycles. The largest absolute Gasteiger partial charge is 0.496 e. The fourth-order valence-electron chi connectivity index (χ4n) is 2.23. The molecule has 0 heterocycles. The van der Waals surface area contributed by atoms with E-state index >= 15 is 0 Å². The summed E-state index contributed by atoms with van der Waals surface area (Å²) in [6.07, 6.45) is 1.96. The minimum absolute atomic E-state index is 0.174. The predicted octanol–water partition coefficient (Wildman–Crippen LogP) is 2.60. The molecule has 0 saturated carbocycles. The second-order valence-corrected chi connectivity index (χ2v) is 5.12. The van der Waals surface area contributed by atoms with Crippen molar-refractivity contribution in [3.8, 4) is 5.75 Å². The number of rotatable bonds is 6. The lowest BCUT2D eigenvalue weighted by Gasteiger charge is -2.28. The molecule has 0 saturated heterocycles. The number of methoxy groups -OCH3 is 1. The number of hydrogen-bond donors (Lipinski definition) is 1. The van der Waals surface area contributed by atoms with Gasteiger partial charge in [0.25, 0.3) is 0 Å². The van der Waals surface area contributed by atoms with E-state index in [0.717, 1.165) is 18.6 Å². The first kappa shape index (κ1) is 15.0. The van der Waals surface area contributed by atoms with Gasteiger partial charge in [-0.15, -0.1) is 0 Å². The minimum Gasteiger partial charge on any atom is -0.496 e. The zero-order valence-electron chi connectivity index (χ0n) is 12.2. The van der Waals surface area contributed by atoms with Gasteiger partial charge in [0.2, 0.25) is 0 Å². The standard InChI is InChI=1S/C15H26N2O/c1-6-12-7-8-15(18-5)13(10-12)14(17(3)4)9-11(2)16/h7-8,10-11,14H,6,9,16H2,1-5H3. The molecule has 0 radical (unpaired) electrons. The van der Waals surface area contributed by atoms with E-state index in [1.54, 1.807) is 7.11 Å². The van der Waals surface area contributed by atoms with Crippen molar-refractivity contribution < 1.29 is 4.74 Å².